The first-order valence-corrected chi connectivity index (χ1v) is 8.96. The number of anilines is 1. The van der Waals surface area contributed by atoms with Crippen molar-refractivity contribution in [1.29, 1.82) is 0 Å². The zero-order valence-corrected chi connectivity index (χ0v) is 16.5. The van der Waals surface area contributed by atoms with Gasteiger partial charge in [-0.15, -0.1) is 0 Å². The normalized spacial score (nSPS) is 11.0. The molecule has 5 nitrogen and oxygen atoms in total. The van der Waals surface area contributed by atoms with Crippen molar-refractivity contribution in [3.05, 3.63) is 57.0 Å². The van der Waals surface area contributed by atoms with Crippen molar-refractivity contribution in [3.63, 3.8) is 0 Å². The Morgan fingerprint density at radius 2 is 1.88 bits per heavy atom. The minimum absolute atomic E-state index is 0.352. The molecule has 0 radical (unpaired) electrons. The van der Waals surface area contributed by atoms with Crippen LogP contribution < -0.4 is 15.5 Å². The van der Waals surface area contributed by atoms with Crippen LogP contribution in [0.3, 0.4) is 0 Å². The SMILES string of the molecule is CC(C)COc1c(Cl)cc(/C=N\NC(=O)Nc2cccc(Cl)c2)cc1Cl. The van der Waals surface area contributed by atoms with Gasteiger partial charge in [-0.2, -0.15) is 5.10 Å². The van der Waals surface area contributed by atoms with Gasteiger partial charge in [-0.1, -0.05) is 54.7 Å². The molecule has 0 bridgehead atoms. The highest BCUT2D eigenvalue weighted by atomic mass is 35.5. The average molecular weight is 415 g/mol. The van der Waals surface area contributed by atoms with E-state index in [0.29, 0.717) is 44.6 Å². The van der Waals surface area contributed by atoms with E-state index in [4.69, 9.17) is 39.5 Å². The summed E-state index contributed by atoms with van der Waals surface area (Å²) in [5, 5.41) is 7.75. The lowest BCUT2D eigenvalue weighted by Crippen LogP contribution is -2.24. The number of ether oxygens (including phenoxy) is 1. The maximum Gasteiger partial charge on any atom is 0.339 e. The van der Waals surface area contributed by atoms with E-state index in [1.165, 1.54) is 6.21 Å². The van der Waals surface area contributed by atoms with Crippen LogP contribution in [-0.4, -0.2) is 18.9 Å². The quantitative estimate of drug-likeness (QED) is 0.461. The first-order chi connectivity index (χ1) is 12.3. The summed E-state index contributed by atoms with van der Waals surface area (Å²) in [5.74, 6) is 0.788. The number of hydrogen-bond acceptors (Lipinski definition) is 3. The summed E-state index contributed by atoms with van der Waals surface area (Å²) in [6.45, 7) is 4.57. The summed E-state index contributed by atoms with van der Waals surface area (Å²) in [6, 6.07) is 9.59. The summed E-state index contributed by atoms with van der Waals surface area (Å²) in [4.78, 5) is 11.8. The molecule has 0 aliphatic heterocycles. The Balaban J connectivity index is 1.96. The van der Waals surface area contributed by atoms with E-state index in [-0.39, 0.29) is 0 Å². The summed E-state index contributed by atoms with van der Waals surface area (Å²) >= 11 is 18.3. The number of benzene rings is 2. The molecule has 0 aliphatic carbocycles. The molecule has 0 aliphatic rings. The summed E-state index contributed by atoms with van der Waals surface area (Å²) in [7, 11) is 0. The van der Waals surface area contributed by atoms with Crippen LogP contribution in [0.15, 0.2) is 41.5 Å². The van der Waals surface area contributed by atoms with Crippen molar-refractivity contribution >= 4 is 52.7 Å². The van der Waals surface area contributed by atoms with Gasteiger partial charge in [0.15, 0.2) is 5.75 Å². The van der Waals surface area contributed by atoms with Crippen LogP contribution in [0.5, 0.6) is 5.75 Å². The van der Waals surface area contributed by atoms with Gasteiger partial charge < -0.3 is 10.1 Å². The molecule has 138 valence electrons. The van der Waals surface area contributed by atoms with Crippen LogP contribution >= 0.6 is 34.8 Å². The Labute approximate surface area is 167 Å². The van der Waals surface area contributed by atoms with Gasteiger partial charge in [-0.25, -0.2) is 10.2 Å². The molecule has 0 atom stereocenters. The van der Waals surface area contributed by atoms with Gasteiger partial charge in [-0.3, -0.25) is 0 Å². The van der Waals surface area contributed by atoms with E-state index in [2.05, 4.69) is 15.8 Å². The summed E-state index contributed by atoms with van der Waals surface area (Å²) in [5.41, 5.74) is 3.53. The van der Waals surface area contributed by atoms with Gasteiger partial charge in [0.05, 0.1) is 22.9 Å². The number of hydrogen-bond donors (Lipinski definition) is 2. The molecule has 0 spiro atoms. The third kappa shape index (κ3) is 6.41. The highest BCUT2D eigenvalue weighted by molar-refractivity contribution is 6.37. The number of nitrogens with one attached hydrogen (secondary N) is 2. The molecule has 2 aromatic carbocycles. The molecule has 2 N–H and O–H groups in total. The predicted molar refractivity (Wildman–Crippen MR) is 108 cm³/mol. The molecule has 2 aromatic rings. The van der Waals surface area contributed by atoms with Gasteiger partial charge in [0.25, 0.3) is 0 Å². The first-order valence-electron chi connectivity index (χ1n) is 7.82. The Bertz CT molecular complexity index is 787. The number of hydrazone groups is 1. The number of amides is 2. The lowest BCUT2D eigenvalue weighted by atomic mass is 10.2. The number of rotatable bonds is 6. The van der Waals surface area contributed by atoms with Gasteiger partial charge >= 0.3 is 6.03 Å². The smallest absolute Gasteiger partial charge is 0.339 e. The molecule has 26 heavy (non-hydrogen) atoms. The van der Waals surface area contributed by atoms with Crippen LogP contribution in [0.4, 0.5) is 10.5 Å². The topological polar surface area (TPSA) is 62.7 Å². The van der Waals surface area contributed by atoms with Crippen molar-refractivity contribution in [2.45, 2.75) is 13.8 Å². The molecule has 0 fully saturated rings. The second kappa shape index (κ2) is 9.67. The molecule has 2 rings (SSSR count). The zero-order chi connectivity index (χ0) is 19.1. The number of urea groups is 1. The monoisotopic (exact) mass is 413 g/mol. The Kier molecular flexibility index (Phi) is 7.57. The van der Waals surface area contributed by atoms with Gasteiger partial charge in [0.2, 0.25) is 0 Å². The molecular weight excluding hydrogens is 397 g/mol. The van der Waals surface area contributed by atoms with Crippen LogP contribution in [0, 0.1) is 5.92 Å². The summed E-state index contributed by atoms with van der Waals surface area (Å²) < 4.78 is 5.60. The van der Waals surface area contributed by atoms with Gasteiger partial charge in [0, 0.05) is 10.7 Å². The van der Waals surface area contributed by atoms with Gasteiger partial charge in [0.1, 0.15) is 0 Å². The van der Waals surface area contributed by atoms with Crippen molar-refractivity contribution in [3.8, 4) is 5.75 Å². The van der Waals surface area contributed by atoms with Crippen LogP contribution in [0.1, 0.15) is 19.4 Å². The molecule has 2 amide bonds. The molecule has 0 heterocycles. The van der Waals surface area contributed by atoms with Crippen molar-refractivity contribution in [2.75, 3.05) is 11.9 Å². The van der Waals surface area contributed by atoms with Crippen LogP contribution in [0.2, 0.25) is 15.1 Å². The number of halogens is 3. The van der Waals surface area contributed by atoms with Crippen molar-refractivity contribution in [2.24, 2.45) is 11.0 Å². The number of carbonyl (C=O) groups is 1. The lowest BCUT2D eigenvalue weighted by molar-refractivity contribution is 0.252. The molecule has 0 aromatic heterocycles. The number of carbonyl (C=O) groups excluding carboxylic acids is 1. The third-order valence-electron chi connectivity index (χ3n) is 3.04. The standard InChI is InChI=1S/C18H18Cl3N3O2/c1-11(2)10-26-17-15(20)6-12(7-16(17)21)9-22-24-18(25)23-14-5-3-4-13(19)8-14/h3-9,11H,10H2,1-2H3,(H2,23,24,25)/b22-9-. The Morgan fingerprint density at radius 1 is 1.19 bits per heavy atom. The van der Waals surface area contributed by atoms with E-state index >= 15 is 0 Å². The molecule has 0 saturated heterocycles. The highest BCUT2D eigenvalue weighted by Gasteiger charge is 2.10. The van der Waals surface area contributed by atoms with Crippen molar-refractivity contribution < 1.29 is 9.53 Å². The maximum absolute atomic E-state index is 11.8. The maximum atomic E-state index is 11.8. The minimum Gasteiger partial charge on any atom is -0.490 e. The molecule has 8 heteroatoms. The fourth-order valence-corrected chi connectivity index (χ4v) is 2.74. The second-order valence-corrected chi connectivity index (χ2v) is 7.10. The third-order valence-corrected chi connectivity index (χ3v) is 3.84. The zero-order valence-electron chi connectivity index (χ0n) is 14.2. The Morgan fingerprint density at radius 3 is 2.50 bits per heavy atom. The summed E-state index contributed by atoms with van der Waals surface area (Å²) in [6.07, 6.45) is 1.43. The Hall–Kier alpha value is -1.95. The second-order valence-electron chi connectivity index (χ2n) is 5.85. The van der Waals surface area contributed by atoms with E-state index in [1.807, 2.05) is 13.8 Å². The van der Waals surface area contributed by atoms with Gasteiger partial charge in [-0.05, 0) is 41.8 Å². The molecule has 0 saturated carbocycles. The highest BCUT2D eigenvalue weighted by Crippen LogP contribution is 2.34. The predicted octanol–water partition coefficient (Wildman–Crippen LogP) is 5.84. The van der Waals surface area contributed by atoms with E-state index in [1.54, 1.807) is 36.4 Å². The lowest BCUT2D eigenvalue weighted by Gasteiger charge is -2.12. The van der Waals surface area contributed by atoms with E-state index < -0.39 is 6.03 Å². The van der Waals surface area contributed by atoms with E-state index in [0.717, 1.165) is 0 Å². The molecular formula is C18H18Cl3N3O2. The average Bonchev–Trinajstić information content (AvgIpc) is 2.53. The van der Waals surface area contributed by atoms with E-state index in [9.17, 15) is 4.79 Å². The largest absolute Gasteiger partial charge is 0.490 e. The fourth-order valence-electron chi connectivity index (χ4n) is 1.93. The number of nitrogens with zero attached hydrogens (tertiary/aromatic N) is 1. The first kappa shape index (κ1) is 20.4. The fraction of sp³-hybridized carbons (Fsp3) is 0.222. The van der Waals surface area contributed by atoms with Crippen LogP contribution in [0.25, 0.3) is 0 Å². The van der Waals surface area contributed by atoms with Crippen molar-refractivity contribution in [1.82, 2.24) is 5.43 Å². The molecule has 0 unspecified atom stereocenters. The minimum atomic E-state index is -0.502. The van der Waals surface area contributed by atoms with Crippen LogP contribution in [-0.2, 0) is 0 Å².